The van der Waals surface area contributed by atoms with Gasteiger partial charge in [-0.05, 0) is 38.0 Å². The highest BCUT2D eigenvalue weighted by atomic mass is 32.2. The number of nitrogens with one attached hydrogen (secondary N) is 2. The molecule has 1 saturated carbocycles. The van der Waals surface area contributed by atoms with E-state index in [0.29, 0.717) is 11.7 Å². The van der Waals surface area contributed by atoms with Crippen molar-refractivity contribution in [2.75, 3.05) is 19.4 Å². The first-order valence-corrected chi connectivity index (χ1v) is 10.8. The largest absolute Gasteiger partial charge is 0.325 e. The molecule has 0 radical (unpaired) electrons. The Balaban J connectivity index is 1.98. The van der Waals surface area contributed by atoms with Crippen molar-refractivity contribution in [2.45, 2.75) is 68.8 Å². The lowest BCUT2D eigenvalue weighted by atomic mass is 9.96. The van der Waals surface area contributed by atoms with Gasteiger partial charge in [-0.3, -0.25) is 4.79 Å². The normalized spacial score (nSPS) is 18.2. The maximum absolute atomic E-state index is 12.5. The molecule has 26 heavy (non-hydrogen) atoms. The molecule has 0 saturated heterocycles. The molecule has 0 unspecified atom stereocenters. The summed E-state index contributed by atoms with van der Waals surface area (Å²) in [6.45, 7) is 1.86. The van der Waals surface area contributed by atoms with Crippen molar-refractivity contribution in [3.63, 3.8) is 0 Å². The number of carbonyl (C=O) groups excluding carboxylic acids is 1. The lowest BCUT2D eigenvalue weighted by Crippen LogP contribution is -2.44. The van der Waals surface area contributed by atoms with Gasteiger partial charge >= 0.3 is 0 Å². The van der Waals surface area contributed by atoms with Crippen molar-refractivity contribution in [1.82, 2.24) is 9.62 Å². The molecular weight excluding hydrogens is 350 g/mol. The van der Waals surface area contributed by atoms with E-state index in [1.165, 1.54) is 58.3 Å². The van der Waals surface area contributed by atoms with Gasteiger partial charge in [0, 0.05) is 25.8 Å². The third kappa shape index (κ3) is 5.79. The fraction of sp³-hybridized carbons (Fsp3) is 0.632. The molecule has 0 aliphatic heterocycles. The predicted molar refractivity (Wildman–Crippen MR) is 105 cm³/mol. The van der Waals surface area contributed by atoms with Crippen molar-refractivity contribution < 1.29 is 13.2 Å². The molecule has 1 aromatic rings. The lowest BCUT2D eigenvalue weighted by molar-refractivity contribution is -0.118. The van der Waals surface area contributed by atoms with Gasteiger partial charge in [-0.2, -0.15) is 0 Å². The van der Waals surface area contributed by atoms with Crippen LogP contribution in [0.15, 0.2) is 29.2 Å². The Hall–Kier alpha value is -1.44. The molecule has 146 valence electrons. The smallest absolute Gasteiger partial charge is 0.242 e. The van der Waals surface area contributed by atoms with Crippen LogP contribution in [-0.2, 0) is 14.8 Å². The summed E-state index contributed by atoms with van der Waals surface area (Å²) in [4.78, 5) is 12.7. The van der Waals surface area contributed by atoms with E-state index in [1.54, 1.807) is 12.1 Å². The summed E-state index contributed by atoms with van der Waals surface area (Å²) in [6, 6.07) is 6.41. The monoisotopic (exact) mass is 381 g/mol. The Morgan fingerprint density at radius 2 is 1.73 bits per heavy atom. The minimum absolute atomic E-state index is 0.147. The van der Waals surface area contributed by atoms with Crippen molar-refractivity contribution in [3.05, 3.63) is 24.3 Å². The lowest BCUT2D eigenvalue weighted by Gasteiger charge is -2.24. The quantitative estimate of drug-likeness (QED) is 0.794. The first kappa shape index (κ1) is 20.9. The second kappa shape index (κ2) is 9.48. The summed E-state index contributed by atoms with van der Waals surface area (Å²) in [6.07, 6.45) is 8.47. The first-order valence-electron chi connectivity index (χ1n) is 9.40. The fourth-order valence-electron chi connectivity index (χ4n) is 3.25. The van der Waals surface area contributed by atoms with E-state index in [-0.39, 0.29) is 16.8 Å². The fourth-order valence-corrected chi connectivity index (χ4v) is 4.20. The van der Waals surface area contributed by atoms with E-state index in [0.717, 1.165) is 17.1 Å². The van der Waals surface area contributed by atoms with Crippen molar-refractivity contribution >= 4 is 21.6 Å². The summed E-state index contributed by atoms with van der Waals surface area (Å²) in [5.74, 6) is -0.147. The van der Waals surface area contributed by atoms with E-state index in [4.69, 9.17) is 0 Å². The maximum Gasteiger partial charge on any atom is 0.242 e. The predicted octanol–water partition coefficient (Wildman–Crippen LogP) is 2.97. The van der Waals surface area contributed by atoms with Gasteiger partial charge in [0.05, 0.1) is 10.9 Å². The molecule has 0 heterocycles. The zero-order valence-corrected chi connectivity index (χ0v) is 16.8. The number of sulfonamides is 1. The summed E-state index contributed by atoms with van der Waals surface area (Å²) < 4.78 is 25.6. The van der Waals surface area contributed by atoms with Gasteiger partial charge in [-0.15, -0.1) is 0 Å². The van der Waals surface area contributed by atoms with Crippen LogP contribution < -0.4 is 10.6 Å². The van der Waals surface area contributed by atoms with Crippen LogP contribution in [0.25, 0.3) is 0 Å². The van der Waals surface area contributed by atoms with Crippen molar-refractivity contribution in [3.8, 4) is 0 Å². The molecule has 0 spiro atoms. The minimum atomic E-state index is -3.52. The Morgan fingerprint density at radius 1 is 1.12 bits per heavy atom. The Morgan fingerprint density at radius 3 is 2.35 bits per heavy atom. The maximum atomic E-state index is 12.5. The van der Waals surface area contributed by atoms with E-state index >= 15 is 0 Å². The highest BCUT2D eigenvalue weighted by Gasteiger charge is 2.20. The zero-order chi connectivity index (χ0) is 19.2. The van der Waals surface area contributed by atoms with Gasteiger partial charge in [0.15, 0.2) is 0 Å². The SMILES string of the molecule is C[C@@H](NC1CCCCCCC1)C(=O)Nc1cccc(S(=O)(=O)N(C)C)c1. The first-order chi connectivity index (χ1) is 12.3. The van der Waals surface area contributed by atoms with Gasteiger partial charge in [0.25, 0.3) is 0 Å². The number of hydrogen-bond donors (Lipinski definition) is 2. The molecule has 0 bridgehead atoms. The highest BCUT2D eigenvalue weighted by molar-refractivity contribution is 7.89. The summed E-state index contributed by atoms with van der Waals surface area (Å²) in [7, 11) is -0.544. The van der Waals surface area contributed by atoms with Crippen LogP contribution >= 0.6 is 0 Å². The summed E-state index contributed by atoms with van der Waals surface area (Å²) in [5, 5.41) is 6.26. The van der Waals surface area contributed by atoms with Crippen LogP contribution in [0.2, 0.25) is 0 Å². The number of amides is 1. The van der Waals surface area contributed by atoms with Crippen LogP contribution in [0.1, 0.15) is 51.9 Å². The average Bonchev–Trinajstić information content (AvgIpc) is 2.57. The molecule has 1 amide bonds. The number of nitrogens with zero attached hydrogens (tertiary/aromatic N) is 1. The van der Waals surface area contributed by atoms with Crippen LogP contribution in [0, 0.1) is 0 Å². The minimum Gasteiger partial charge on any atom is -0.325 e. The topological polar surface area (TPSA) is 78.5 Å². The summed E-state index contributed by atoms with van der Waals surface area (Å²) >= 11 is 0. The van der Waals surface area contributed by atoms with Crippen LogP contribution in [-0.4, -0.2) is 44.8 Å². The molecule has 1 atom stereocenters. The Bertz CT molecular complexity index is 696. The van der Waals surface area contributed by atoms with Gasteiger partial charge in [0.2, 0.25) is 15.9 Å². The molecule has 6 nitrogen and oxygen atoms in total. The van der Waals surface area contributed by atoms with E-state index in [9.17, 15) is 13.2 Å². The second-order valence-electron chi connectivity index (χ2n) is 7.23. The molecule has 1 fully saturated rings. The molecule has 0 aromatic heterocycles. The summed E-state index contributed by atoms with van der Waals surface area (Å²) in [5.41, 5.74) is 0.490. The second-order valence-corrected chi connectivity index (χ2v) is 9.39. The Labute approximate surface area is 157 Å². The molecule has 1 aromatic carbocycles. The average molecular weight is 382 g/mol. The number of rotatable bonds is 6. The van der Waals surface area contributed by atoms with Gasteiger partial charge in [0.1, 0.15) is 0 Å². The molecule has 1 aliphatic carbocycles. The molecular formula is C19H31N3O3S. The van der Waals surface area contributed by atoms with Gasteiger partial charge in [-0.25, -0.2) is 12.7 Å². The third-order valence-corrected chi connectivity index (χ3v) is 6.68. The van der Waals surface area contributed by atoms with Crippen LogP contribution in [0.3, 0.4) is 0 Å². The number of carbonyl (C=O) groups is 1. The number of anilines is 1. The molecule has 2 rings (SSSR count). The highest BCUT2D eigenvalue weighted by Crippen LogP contribution is 2.19. The van der Waals surface area contributed by atoms with Crippen LogP contribution in [0.5, 0.6) is 0 Å². The van der Waals surface area contributed by atoms with E-state index < -0.39 is 10.0 Å². The van der Waals surface area contributed by atoms with Crippen molar-refractivity contribution in [2.24, 2.45) is 0 Å². The molecule has 2 N–H and O–H groups in total. The van der Waals surface area contributed by atoms with Gasteiger partial charge < -0.3 is 10.6 Å². The molecule has 1 aliphatic rings. The number of benzene rings is 1. The zero-order valence-electron chi connectivity index (χ0n) is 16.0. The van der Waals surface area contributed by atoms with E-state index in [2.05, 4.69) is 10.6 Å². The standard InChI is InChI=1S/C19H31N3O3S/c1-15(20-16-10-7-5-4-6-8-11-16)19(23)21-17-12-9-13-18(14-17)26(24,25)22(2)3/h9,12-16,20H,4-8,10-11H2,1-3H3,(H,21,23)/t15-/m1/s1. The van der Waals surface area contributed by atoms with Crippen LogP contribution in [0.4, 0.5) is 5.69 Å². The molecule has 7 heteroatoms. The Kier molecular flexibility index (Phi) is 7.61. The number of hydrogen-bond acceptors (Lipinski definition) is 4. The van der Waals surface area contributed by atoms with Gasteiger partial charge in [-0.1, -0.05) is 38.2 Å². The van der Waals surface area contributed by atoms with Crippen molar-refractivity contribution in [1.29, 1.82) is 0 Å². The third-order valence-electron chi connectivity index (χ3n) is 4.86. The van der Waals surface area contributed by atoms with E-state index in [1.807, 2.05) is 6.92 Å².